The molecule has 10 nitrogen and oxygen atoms in total. The van der Waals surface area contributed by atoms with Crippen molar-refractivity contribution in [1.29, 1.82) is 0 Å². The summed E-state index contributed by atoms with van der Waals surface area (Å²) in [6.07, 6.45) is 0.565. The van der Waals surface area contributed by atoms with E-state index in [0.29, 0.717) is 6.42 Å². The number of carbonyl (C=O) groups excluding carboxylic acids is 1. The number of benzene rings is 1. The number of nitrogens with zero attached hydrogens (tertiary/aromatic N) is 2. The van der Waals surface area contributed by atoms with E-state index in [0.717, 1.165) is 6.07 Å². The highest BCUT2D eigenvalue weighted by Gasteiger charge is 2.29. The van der Waals surface area contributed by atoms with Gasteiger partial charge in [0.15, 0.2) is 0 Å². The summed E-state index contributed by atoms with van der Waals surface area (Å²) in [5.74, 6) is -2.28. The van der Waals surface area contributed by atoms with Gasteiger partial charge in [0.2, 0.25) is 5.75 Å². The molecule has 0 saturated heterocycles. The van der Waals surface area contributed by atoms with Crippen LogP contribution in [0.15, 0.2) is 36.4 Å². The fourth-order valence-electron chi connectivity index (χ4n) is 1.74. The Hall–Kier alpha value is -3.56. The maximum Gasteiger partial charge on any atom is 0.338 e. The lowest BCUT2D eigenvalue weighted by Gasteiger charge is -2.14. The zero-order valence-electron chi connectivity index (χ0n) is 16.1. The number of esters is 1. The Balaban J connectivity index is 0.00000105. The lowest BCUT2D eigenvalue weighted by atomic mass is 9.96. The average Bonchev–Trinajstić information content (AvgIpc) is 2.60. The second-order valence-corrected chi connectivity index (χ2v) is 5.96. The summed E-state index contributed by atoms with van der Waals surface area (Å²) in [6.45, 7) is 13.0. The van der Waals surface area contributed by atoms with Gasteiger partial charge in [0.1, 0.15) is 0 Å². The van der Waals surface area contributed by atoms with Crippen LogP contribution in [0.1, 0.15) is 45.6 Å². The predicted octanol–water partition coefficient (Wildman–Crippen LogP) is 4.15. The maximum absolute atomic E-state index is 11.7. The van der Waals surface area contributed by atoms with Crippen molar-refractivity contribution in [3.8, 4) is 5.75 Å². The van der Waals surface area contributed by atoms with E-state index in [-0.39, 0.29) is 28.4 Å². The van der Waals surface area contributed by atoms with Gasteiger partial charge in [-0.05, 0) is 26.2 Å². The Morgan fingerprint density at radius 2 is 1.64 bits per heavy atom. The molecule has 0 fully saturated rings. The lowest BCUT2D eigenvalue weighted by Crippen LogP contribution is -2.12. The van der Waals surface area contributed by atoms with Gasteiger partial charge in [0, 0.05) is 22.8 Å². The van der Waals surface area contributed by atoms with Crippen LogP contribution in [0.2, 0.25) is 0 Å². The summed E-state index contributed by atoms with van der Waals surface area (Å²) in [7, 11) is 0. The molecular weight excluding hydrogens is 372 g/mol. The van der Waals surface area contributed by atoms with E-state index in [1.165, 1.54) is 19.9 Å². The molecule has 0 aliphatic carbocycles. The smallest absolute Gasteiger partial charge is 0.338 e. The highest BCUT2D eigenvalue weighted by atomic mass is 16.6. The van der Waals surface area contributed by atoms with Crippen LogP contribution in [0.4, 0.5) is 11.4 Å². The molecule has 0 amide bonds. The Bertz CT molecular complexity index is 817. The number of hydrogen-bond donors (Lipinski definition) is 1. The zero-order valence-corrected chi connectivity index (χ0v) is 16.1. The number of aliphatic carboxylic acids is 1. The summed E-state index contributed by atoms with van der Waals surface area (Å²) in [4.78, 5) is 41.9. The number of rotatable bonds is 7. The van der Waals surface area contributed by atoms with Crippen LogP contribution < -0.4 is 4.74 Å². The van der Waals surface area contributed by atoms with E-state index in [4.69, 9.17) is 9.84 Å². The van der Waals surface area contributed by atoms with Crippen molar-refractivity contribution in [3.63, 3.8) is 0 Å². The summed E-state index contributed by atoms with van der Waals surface area (Å²) in [5.41, 5.74) is -0.535. The molecule has 0 heterocycles. The van der Waals surface area contributed by atoms with Crippen molar-refractivity contribution in [3.05, 3.63) is 62.2 Å². The second kappa shape index (κ2) is 10.6. The SMILES string of the molecule is C=C(C)C(=O)O.C=C(C)C(=O)Oc1c(C(C)CC)cc([N+](=O)[O-])cc1[N+](=O)[O-]. The molecule has 0 bridgehead atoms. The number of non-ortho nitro benzene ring substituents is 1. The second-order valence-electron chi connectivity index (χ2n) is 5.96. The van der Waals surface area contributed by atoms with E-state index < -0.39 is 33.2 Å². The molecule has 1 N–H and O–H groups in total. The number of carbonyl (C=O) groups is 2. The molecule has 0 aromatic heterocycles. The summed E-state index contributed by atoms with van der Waals surface area (Å²) < 4.78 is 5.05. The van der Waals surface area contributed by atoms with E-state index in [1.54, 1.807) is 6.92 Å². The summed E-state index contributed by atoms with van der Waals surface area (Å²) in [6, 6.07) is 1.98. The lowest BCUT2D eigenvalue weighted by molar-refractivity contribution is -0.394. The van der Waals surface area contributed by atoms with Gasteiger partial charge < -0.3 is 9.84 Å². The minimum Gasteiger partial charge on any atom is -0.478 e. The van der Waals surface area contributed by atoms with Gasteiger partial charge in [0.25, 0.3) is 5.69 Å². The summed E-state index contributed by atoms with van der Waals surface area (Å²) in [5, 5.41) is 30.0. The molecule has 1 atom stereocenters. The molecule has 1 rings (SSSR count). The Morgan fingerprint density at radius 1 is 1.14 bits per heavy atom. The Kier molecular flexibility index (Phi) is 9.21. The first-order valence-electron chi connectivity index (χ1n) is 8.06. The molecule has 0 aliphatic heterocycles. The van der Waals surface area contributed by atoms with Crippen LogP contribution in [0, 0.1) is 20.2 Å². The highest BCUT2D eigenvalue weighted by molar-refractivity contribution is 5.89. The topological polar surface area (TPSA) is 150 Å². The van der Waals surface area contributed by atoms with E-state index in [1.807, 2.05) is 6.92 Å². The molecule has 0 spiro atoms. The number of nitro groups is 2. The number of carboxylic acid groups (broad SMARTS) is 1. The zero-order chi connectivity index (χ0) is 22.2. The molecule has 1 aromatic carbocycles. The van der Waals surface area contributed by atoms with Crippen molar-refractivity contribution in [2.75, 3.05) is 0 Å². The average molecular weight is 394 g/mol. The molecule has 0 saturated carbocycles. The molecular formula is C18H22N2O8. The number of nitro benzene ring substituents is 2. The van der Waals surface area contributed by atoms with Crippen molar-refractivity contribution in [2.45, 2.75) is 40.0 Å². The minimum absolute atomic E-state index is 0.0720. The first kappa shape index (κ1) is 24.4. The molecule has 0 aliphatic rings. The third-order valence-corrected chi connectivity index (χ3v) is 3.54. The van der Waals surface area contributed by atoms with E-state index in [9.17, 15) is 29.8 Å². The van der Waals surface area contributed by atoms with Gasteiger partial charge in [-0.1, -0.05) is 27.0 Å². The molecule has 1 unspecified atom stereocenters. The van der Waals surface area contributed by atoms with Crippen molar-refractivity contribution in [2.24, 2.45) is 0 Å². The van der Waals surface area contributed by atoms with Crippen LogP contribution in [-0.4, -0.2) is 26.9 Å². The minimum atomic E-state index is -0.935. The van der Waals surface area contributed by atoms with Crippen LogP contribution in [0.25, 0.3) is 0 Å². The third kappa shape index (κ3) is 6.98. The van der Waals surface area contributed by atoms with Gasteiger partial charge in [0.05, 0.1) is 15.9 Å². The van der Waals surface area contributed by atoms with Crippen molar-refractivity contribution >= 4 is 23.3 Å². The molecule has 152 valence electrons. The maximum atomic E-state index is 11.7. The number of hydrogen-bond acceptors (Lipinski definition) is 7. The van der Waals surface area contributed by atoms with Crippen LogP contribution in [0.5, 0.6) is 5.75 Å². The van der Waals surface area contributed by atoms with Gasteiger partial charge in [-0.3, -0.25) is 20.2 Å². The van der Waals surface area contributed by atoms with E-state index in [2.05, 4.69) is 13.2 Å². The fourth-order valence-corrected chi connectivity index (χ4v) is 1.74. The molecule has 0 radical (unpaired) electrons. The van der Waals surface area contributed by atoms with Crippen LogP contribution in [0.3, 0.4) is 0 Å². The van der Waals surface area contributed by atoms with Crippen LogP contribution in [-0.2, 0) is 9.59 Å². The number of ether oxygens (including phenoxy) is 1. The standard InChI is InChI=1S/C14H16N2O6.C4H6O2/c1-5-9(4)11-6-10(15(18)19)7-12(16(20)21)13(11)22-14(17)8(2)3;1-3(2)4(5)6/h6-7,9H,2,5H2,1,3-4H3;1H2,2H3,(H,5,6). The third-order valence-electron chi connectivity index (χ3n) is 3.54. The predicted molar refractivity (Wildman–Crippen MR) is 101 cm³/mol. The van der Waals surface area contributed by atoms with Gasteiger partial charge in [-0.25, -0.2) is 9.59 Å². The fraction of sp³-hybridized carbons (Fsp3) is 0.333. The van der Waals surface area contributed by atoms with Gasteiger partial charge in [-0.2, -0.15) is 0 Å². The van der Waals surface area contributed by atoms with Gasteiger partial charge in [-0.15, -0.1) is 0 Å². The highest BCUT2D eigenvalue weighted by Crippen LogP contribution is 2.40. The molecule has 10 heteroatoms. The Morgan fingerprint density at radius 3 is 1.96 bits per heavy atom. The van der Waals surface area contributed by atoms with Crippen LogP contribution >= 0.6 is 0 Å². The molecule has 28 heavy (non-hydrogen) atoms. The monoisotopic (exact) mass is 394 g/mol. The van der Waals surface area contributed by atoms with E-state index >= 15 is 0 Å². The van der Waals surface area contributed by atoms with Crippen molar-refractivity contribution in [1.82, 2.24) is 0 Å². The van der Waals surface area contributed by atoms with Crippen molar-refractivity contribution < 1.29 is 29.3 Å². The summed E-state index contributed by atoms with van der Waals surface area (Å²) >= 11 is 0. The quantitative estimate of drug-likeness (QED) is 0.238. The normalized spacial score (nSPS) is 10.7. The Labute approximate surface area is 161 Å². The first-order chi connectivity index (χ1) is 12.8. The van der Waals surface area contributed by atoms with Gasteiger partial charge >= 0.3 is 17.6 Å². The first-order valence-corrected chi connectivity index (χ1v) is 8.06. The largest absolute Gasteiger partial charge is 0.478 e. The molecule has 1 aromatic rings. The number of carboxylic acids is 1.